The summed E-state index contributed by atoms with van der Waals surface area (Å²) < 4.78 is 10.1. The number of methoxy groups -OCH3 is 1. The van der Waals surface area contributed by atoms with Gasteiger partial charge in [0.05, 0.1) is 13.2 Å². The minimum Gasteiger partial charge on any atom is -0.467 e. The quantitative estimate of drug-likeness (QED) is 0.601. The first-order chi connectivity index (χ1) is 5.65. The molecule has 1 saturated carbocycles. The normalized spacial score (nSPS) is 19.3. The summed E-state index contributed by atoms with van der Waals surface area (Å²) in [4.78, 5) is 11.2. The molecule has 0 aromatic carbocycles. The zero-order valence-electron chi connectivity index (χ0n) is 7.87. The van der Waals surface area contributed by atoms with Crippen molar-refractivity contribution in [1.82, 2.24) is 0 Å². The Labute approximate surface area is 73.0 Å². The van der Waals surface area contributed by atoms with Gasteiger partial charge in [0.15, 0.2) is 6.10 Å². The van der Waals surface area contributed by atoms with Crippen LogP contribution in [-0.4, -0.2) is 25.3 Å². The summed E-state index contributed by atoms with van der Waals surface area (Å²) in [5.74, 6) is 0.172. The molecule has 1 aliphatic carbocycles. The molecule has 1 atom stereocenters. The van der Waals surface area contributed by atoms with Crippen LogP contribution in [-0.2, 0) is 14.3 Å². The van der Waals surface area contributed by atoms with Crippen LogP contribution in [0.25, 0.3) is 0 Å². The largest absolute Gasteiger partial charge is 0.467 e. The molecule has 0 aromatic rings. The van der Waals surface area contributed by atoms with Gasteiger partial charge in [-0.25, -0.2) is 4.79 Å². The smallest absolute Gasteiger partial charge is 0.335 e. The first-order valence-electron chi connectivity index (χ1n) is 4.38. The predicted octanol–water partition coefficient (Wildman–Crippen LogP) is 1.36. The second-order valence-corrected chi connectivity index (χ2v) is 3.47. The van der Waals surface area contributed by atoms with E-state index in [2.05, 4.69) is 4.74 Å². The van der Waals surface area contributed by atoms with Gasteiger partial charge in [0, 0.05) is 0 Å². The lowest BCUT2D eigenvalue weighted by molar-refractivity contribution is -0.158. The Morgan fingerprint density at radius 2 is 2.00 bits per heavy atom. The lowest BCUT2D eigenvalue weighted by Gasteiger charge is -2.17. The van der Waals surface area contributed by atoms with E-state index in [1.54, 1.807) is 0 Å². The maximum absolute atomic E-state index is 11.2. The van der Waals surface area contributed by atoms with E-state index in [0.717, 1.165) is 12.8 Å². The molecule has 70 valence electrons. The van der Waals surface area contributed by atoms with Crippen molar-refractivity contribution in [2.45, 2.75) is 38.9 Å². The molecule has 1 aliphatic rings. The van der Waals surface area contributed by atoms with E-state index in [-0.39, 0.29) is 18.2 Å². The molecule has 1 fully saturated rings. The third-order valence-corrected chi connectivity index (χ3v) is 1.90. The summed E-state index contributed by atoms with van der Waals surface area (Å²) in [6.07, 6.45) is 1.95. The summed E-state index contributed by atoms with van der Waals surface area (Å²) in [6, 6.07) is 0. The van der Waals surface area contributed by atoms with Crippen molar-refractivity contribution in [3.63, 3.8) is 0 Å². The third-order valence-electron chi connectivity index (χ3n) is 1.90. The molecule has 0 aromatic heterocycles. The maximum atomic E-state index is 11.2. The van der Waals surface area contributed by atoms with Gasteiger partial charge in [-0.1, -0.05) is 0 Å². The van der Waals surface area contributed by atoms with Crippen LogP contribution in [0.1, 0.15) is 26.7 Å². The highest BCUT2D eigenvalue weighted by Crippen LogP contribution is 2.35. The van der Waals surface area contributed by atoms with Crippen molar-refractivity contribution in [3.05, 3.63) is 0 Å². The summed E-state index contributed by atoms with van der Waals surface area (Å²) in [7, 11) is 1.40. The summed E-state index contributed by atoms with van der Waals surface area (Å²) in [6.45, 7) is 3.86. The number of carbonyl (C=O) groups is 1. The van der Waals surface area contributed by atoms with E-state index < -0.39 is 0 Å². The van der Waals surface area contributed by atoms with Crippen molar-refractivity contribution in [1.29, 1.82) is 0 Å². The van der Waals surface area contributed by atoms with Gasteiger partial charge in [-0.05, 0) is 32.6 Å². The van der Waals surface area contributed by atoms with Crippen molar-refractivity contribution in [3.8, 4) is 0 Å². The van der Waals surface area contributed by atoms with Crippen LogP contribution in [0.2, 0.25) is 0 Å². The highest BCUT2D eigenvalue weighted by Gasteiger charge is 2.38. The van der Waals surface area contributed by atoms with E-state index in [1.807, 2.05) is 13.8 Å². The highest BCUT2D eigenvalue weighted by atomic mass is 16.6. The summed E-state index contributed by atoms with van der Waals surface area (Å²) >= 11 is 0. The van der Waals surface area contributed by atoms with E-state index in [9.17, 15) is 4.79 Å². The number of ether oxygens (including phenoxy) is 2. The molecular formula is C9H16O3. The van der Waals surface area contributed by atoms with Crippen molar-refractivity contribution < 1.29 is 14.3 Å². The molecule has 1 rings (SSSR count). The van der Waals surface area contributed by atoms with Gasteiger partial charge in [0.2, 0.25) is 0 Å². The first kappa shape index (κ1) is 9.52. The van der Waals surface area contributed by atoms with Crippen LogP contribution in [0, 0.1) is 5.92 Å². The Kier molecular flexibility index (Phi) is 3.09. The molecule has 0 aliphatic heterocycles. The maximum Gasteiger partial charge on any atom is 0.335 e. The predicted molar refractivity (Wildman–Crippen MR) is 44.7 cm³/mol. The van der Waals surface area contributed by atoms with Gasteiger partial charge in [0.1, 0.15) is 0 Å². The van der Waals surface area contributed by atoms with Gasteiger partial charge >= 0.3 is 5.97 Å². The van der Waals surface area contributed by atoms with E-state index in [1.165, 1.54) is 7.11 Å². The Morgan fingerprint density at radius 1 is 1.42 bits per heavy atom. The standard InChI is InChI=1S/C9H16O3/c1-6(2)12-8(7-4-5-7)9(10)11-3/h6-8H,4-5H2,1-3H3. The molecule has 0 heterocycles. The van der Waals surface area contributed by atoms with Crippen molar-refractivity contribution in [2.24, 2.45) is 5.92 Å². The fourth-order valence-electron chi connectivity index (χ4n) is 1.17. The van der Waals surface area contributed by atoms with E-state index in [0.29, 0.717) is 5.92 Å². The summed E-state index contributed by atoms with van der Waals surface area (Å²) in [5, 5.41) is 0. The number of carbonyl (C=O) groups excluding carboxylic acids is 1. The lowest BCUT2D eigenvalue weighted by atomic mass is 10.2. The Balaban J connectivity index is 2.42. The van der Waals surface area contributed by atoms with Gasteiger partial charge in [-0.2, -0.15) is 0 Å². The number of hydrogen-bond donors (Lipinski definition) is 0. The van der Waals surface area contributed by atoms with E-state index in [4.69, 9.17) is 4.74 Å². The van der Waals surface area contributed by atoms with Crippen molar-refractivity contribution >= 4 is 5.97 Å². The molecule has 0 radical (unpaired) electrons. The molecule has 0 amide bonds. The van der Waals surface area contributed by atoms with Gasteiger partial charge in [-0.15, -0.1) is 0 Å². The summed E-state index contributed by atoms with van der Waals surface area (Å²) in [5.41, 5.74) is 0. The Bertz CT molecular complexity index is 161. The van der Waals surface area contributed by atoms with Crippen LogP contribution in [0.15, 0.2) is 0 Å². The van der Waals surface area contributed by atoms with Crippen molar-refractivity contribution in [2.75, 3.05) is 7.11 Å². The minimum absolute atomic E-state index is 0.0923. The average Bonchev–Trinajstić information content (AvgIpc) is 2.81. The zero-order valence-corrected chi connectivity index (χ0v) is 7.87. The molecule has 3 heteroatoms. The van der Waals surface area contributed by atoms with Gasteiger partial charge in [-0.3, -0.25) is 0 Å². The Morgan fingerprint density at radius 3 is 2.33 bits per heavy atom. The molecule has 12 heavy (non-hydrogen) atoms. The molecule has 0 N–H and O–H groups in total. The molecule has 0 spiro atoms. The second-order valence-electron chi connectivity index (χ2n) is 3.47. The first-order valence-corrected chi connectivity index (χ1v) is 4.38. The van der Waals surface area contributed by atoms with Gasteiger partial charge in [0.25, 0.3) is 0 Å². The van der Waals surface area contributed by atoms with Gasteiger partial charge < -0.3 is 9.47 Å². The average molecular weight is 172 g/mol. The van der Waals surface area contributed by atoms with Crippen LogP contribution in [0.3, 0.4) is 0 Å². The molecule has 0 saturated heterocycles. The fourth-order valence-corrected chi connectivity index (χ4v) is 1.17. The van der Waals surface area contributed by atoms with Crippen LogP contribution in [0.4, 0.5) is 0 Å². The minimum atomic E-state index is -0.324. The van der Waals surface area contributed by atoms with Crippen LogP contribution < -0.4 is 0 Å². The van der Waals surface area contributed by atoms with Crippen LogP contribution >= 0.6 is 0 Å². The molecular weight excluding hydrogens is 156 g/mol. The number of hydrogen-bond acceptors (Lipinski definition) is 3. The lowest BCUT2D eigenvalue weighted by Crippen LogP contribution is -2.30. The second kappa shape index (κ2) is 3.90. The number of esters is 1. The molecule has 3 nitrogen and oxygen atoms in total. The molecule has 1 unspecified atom stereocenters. The highest BCUT2D eigenvalue weighted by molar-refractivity contribution is 5.75. The van der Waals surface area contributed by atoms with E-state index >= 15 is 0 Å². The SMILES string of the molecule is COC(=O)C(OC(C)C)C1CC1. The third kappa shape index (κ3) is 2.48. The molecule has 0 bridgehead atoms. The topological polar surface area (TPSA) is 35.5 Å². The fraction of sp³-hybridized carbons (Fsp3) is 0.889. The zero-order chi connectivity index (χ0) is 9.14. The monoisotopic (exact) mass is 172 g/mol. The Hall–Kier alpha value is -0.570. The van der Waals surface area contributed by atoms with Crippen LogP contribution in [0.5, 0.6) is 0 Å². The number of rotatable bonds is 4.